The van der Waals surface area contributed by atoms with Gasteiger partial charge in [0.25, 0.3) is 0 Å². The molecule has 0 amide bonds. The molecular formula is C4H12Si2. The minimum absolute atomic E-state index is 0.471. The molecule has 0 aliphatic carbocycles. The Hall–Kier alpha value is 0.174. The second kappa shape index (κ2) is 5.17. The highest BCUT2D eigenvalue weighted by molar-refractivity contribution is 6.89. The van der Waals surface area contributed by atoms with Gasteiger partial charge in [-0.1, -0.05) is 12.1 Å². The van der Waals surface area contributed by atoms with E-state index in [1.54, 1.807) is 0 Å². The number of hydrogen-bond donors (Lipinski definition) is 0. The van der Waals surface area contributed by atoms with Crippen LogP contribution in [-0.2, 0) is 0 Å². The zero-order valence-corrected chi connectivity index (χ0v) is 7.82. The molecule has 0 aromatic carbocycles. The molecule has 0 saturated heterocycles. The normalized spacial score (nSPS) is 10.7. The standard InChI is InChI=1S/C4H12Si2/c1-2-3-4-6-5/h2H,1,3-4,6H2,5H3. The summed E-state index contributed by atoms with van der Waals surface area (Å²) in [6.07, 6.45) is 3.29. The predicted molar refractivity (Wildman–Crippen MR) is 38.1 cm³/mol. The molecule has 0 atom stereocenters. The second-order valence-electron chi connectivity index (χ2n) is 1.43. The third kappa shape index (κ3) is 4.17. The zero-order chi connectivity index (χ0) is 4.83. The first-order valence-corrected chi connectivity index (χ1v) is 9.18. The molecule has 0 aliphatic rings. The lowest BCUT2D eigenvalue weighted by Crippen LogP contribution is -1.83. The van der Waals surface area contributed by atoms with Gasteiger partial charge in [-0.15, -0.1) is 6.58 Å². The average Bonchev–Trinajstić information content (AvgIpc) is 1.61. The Morgan fingerprint density at radius 2 is 2.50 bits per heavy atom. The first-order valence-electron chi connectivity index (χ1n) is 2.52. The Morgan fingerprint density at radius 3 is 2.67 bits per heavy atom. The lowest BCUT2D eigenvalue weighted by Gasteiger charge is -1.80. The Kier molecular flexibility index (Phi) is 5.32. The van der Waals surface area contributed by atoms with Gasteiger partial charge in [0.1, 0.15) is 0 Å². The van der Waals surface area contributed by atoms with Crippen LogP contribution in [-0.4, -0.2) is 18.8 Å². The molecule has 0 saturated carbocycles. The largest absolute Gasteiger partial charge is 0.103 e. The van der Waals surface area contributed by atoms with E-state index in [-0.39, 0.29) is 0 Å². The summed E-state index contributed by atoms with van der Waals surface area (Å²) < 4.78 is 0. The summed E-state index contributed by atoms with van der Waals surface area (Å²) in [7, 11) is 1.96. The van der Waals surface area contributed by atoms with Crippen LogP contribution in [0, 0.1) is 0 Å². The van der Waals surface area contributed by atoms with Crippen LogP contribution in [0.4, 0.5) is 0 Å². The molecule has 0 aliphatic heterocycles. The summed E-state index contributed by atoms with van der Waals surface area (Å²) >= 11 is 0. The fourth-order valence-corrected chi connectivity index (χ4v) is 2.27. The molecular weight excluding hydrogens is 104 g/mol. The summed E-state index contributed by atoms with van der Waals surface area (Å²) in [5.74, 6) is 0. The lowest BCUT2D eigenvalue weighted by molar-refractivity contribution is 1.22. The lowest BCUT2D eigenvalue weighted by atomic mass is 10.5. The Balaban J connectivity index is 2.49. The number of hydrogen-bond acceptors (Lipinski definition) is 0. The van der Waals surface area contributed by atoms with Crippen LogP contribution in [0.15, 0.2) is 12.7 Å². The Bertz CT molecular complexity index is 34.5. The fraction of sp³-hybridized carbons (Fsp3) is 0.500. The maximum Gasteiger partial charge on any atom is 0.00451 e. The number of rotatable bonds is 3. The van der Waals surface area contributed by atoms with Gasteiger partial charge < -0.3 is 0 Å². The van der Waals surface area contributed by atoms with Gasteiger partial charge in [0, 0.05) is 9.04 Å². The van der Waals surface area contributed by atoms with E-state index in [1.807, 2.05) is 6.08 Å². The molecule has 0 radical (unpaired) electrons. The van der Waals surface area contributed by atoms with Crippen LogP contribution >= 0.6 is 0 Å². The molecule has 0 nitrogen and oxygen atoms in total. The quantitative estimate of drug-likeness (QED) is 0.263. The molecule has 0 fully saturated rings. The van der Waals surface area contributed by atoms with Crippen molar-refractivity contribution in [3.05, 3.63) is 12.7 Å². The van der Waals surface area contributed by atoms with Gasteiger partial charge >= 0.3 is 0 Å². The van der Waals surface area contributed by atoms with Crippen molar-refractivity contribution in [2.45, 2.75) is 12.5 Å². The van der Waals surface area contributed by atoms with Gasteiger partial charge in [-0.25, -0.2) is 0 Å². The van der Waals surface area contributed by atoms with Gasteiger partial charge in [0.05, 0.1) is 0 Å². The van der Waals surface area contributed by atoms with Crippen LogP contribution in [0.25, 0.3) is 0 Å². The van der Waals surface area contributed by atoms with Crippen LogP contribution in [0.5, 0.6) is 0 Å². The van der Waals surface area contributed by atoms with Crippen molar-refractivity contribution in [2.75, 3.05) is 0 Å². The molecule has 0 spiro atoms. The van der Waals surface area contributed by atoms with E-state index >= 15 is 0 Å². The minimum Gasteiger partial charge on any atom is -0.103 e. The van der Waals surface area contributed by atoms with E-state index < -0.39 is 0 Å². The van der Waals surface area contributed by atoms with Crippen molar-refractivity contribution in [3.63, 3.8) is 0 Å². The highest BCUT2D eigenvalue weighted by Gasteiger charge is 1.72. The van der Waals surface area contributed by atoms with Crippen molar-refractivity contribution in [3.8, 4) is 0 Å². The van der Waals surface area contributed by atoms with E-state index in [0.717, 1.165) is 0 Å². The average molecular weight is 116 g/mol. The molecule has 0 N–H and O–H groups in total. The van der Waals surface area contributed by atoms with Crippen LogP contribution < -0.4 is 0 Å². The van der Waals surface area contributed by atoms with E-state index in [2.05, 4.69) is 6.58 Å². The van der Waals surface area contributed by atoms with Gasteiger partial charge in [0.15, 0.2) is 0 Å². The van der Waals surface area contributed by atoms with Crippen LogP contribution in [0.1, 0.15) is 6.42 Å². The van der Waals surface area contributed by atoms with Crippen LogP contribution in [0.3, 0.4) is 0 Å². The van der Waals surface area contributed by atoms with Crippen molar-refractivity contribution >= 4 is 18.8 Å². The van der Waals surface area contributed by atoms with E-state index in [0.29, 0.717) is 9.04 Å². The highest BCUT2D eigenvalue weighted by Crippen LogP contribution is 1.83. The van der Waals surface area contributed by atoms with Crippen molar-refractivity contribution < 1.29 is 0 Å². The molecule has 0 rings (SSSR count). The van der Waals surface area contributed by atoms with E-state index in [9.17, 15) is 0 Å². The molecule has 0 aromatic rings. The predicted octanol–water partition coefficient (Wildman–Crippen LogP) is -0.570. The summed E-state index contributed by atoms with van der Waals surface area (Å²) in [5, 5.41) is 0. The molecule has 6 heavy (non-hydrogen) atoms. The summed E-state index contributed by atoms with van der Waals surface area (Å²) in [5.41, 5.74) is 0. The first-order chi connectivity index (χ1) is 2.91. The second-order valence-corrected chi connectivity index (χ2v) is 6.14. The molecule has 36 valence electrons. The van der Waals surface area contributed by atoms with Crippen molar-refractivity contribution in [1.82, 2.24) is 0 Å². The van der Waals surface area contributed by atoms with Crippen LogP contribution in [0.2, 0.25) is 6.04 Å². The smallest absolute Gasteiger partial charge is 0.00451 e. The third-order valence-corrected chi connectivity index (χ3v) is 4.00. The van der Waals surface area contributed by atoms with Gasteiger partial charge in [-0.2, -0.15) is 0 Å². The SMILES string of the molecule is C=CCC[SiH2][SiH3]. The summed E-state index contributed by atoms with van der Waals surface area (Å²) in [4.78, 5) is 0. The molecule has 0 unspecified atom stereocenters. The fourth-order valence-electron chi connectivity index (χ4n) is 0.348. The van der Waals surface area contributed by atoms with E-state index in [4.69, 9.17) is 0 Å². The Labute approximate surface area is 44.7 Å². The van der Waals surface area contributed by atoms with Gasteiger partial charge in [0.2, 0.25) is 0 Å². The molecule has 0 heterocycles. The third-order valence-electron chi connectivity index (χ3n) is 0.762. The van der Waals surface area contributed by atoms with Crippen molar-refractivity contribution in [1.29, 1.82) is 0 Å². The van der Waals surface area contributed by atoms with Gasteiger partial charge in [-0.3, -0.25) is 0 Å². The molecule has 2 heteroatoms. The van der Waals surface area contributed by atoms with E-state index in [1.165, 1.54) is 22.2 Å². The summed E-state index contributed by atoms with van der Waals surface area (Å²) in [6, 6.07) is 1.50. The topological polar surface area (TPSA) is 0 Å². The molecule has 0 aromatic heterocycles. The van der Waals surface area contributed by atoms with Gasteiger partial charge in [-0.05, 0) is 16.2 Å². The number of allylic oxidation sites excluding steroid dienone is 1. The first kappa shape index (κ1) is 6.17. The minimum atomic E-state index is 0.471. The maximum atomic E-state index is 3.64. The molecule has 0 bridgehead atoms. The highest BCUT2D eigenvalue weighted by atomic mass is 29.1. The summed E-state index contributed by atoms with van der Waals surface area (Å²) in [6.45, 7) is 3.64. The maximum absolute atomic E-state index is 3.64. The monoisotopic (exact) mass is 116 g/mol. The zero-order valence-electron chi connectivity index (χ0n) is 4.41. The van der Waals surface area contributed by atoms with Crippen molar-refractivity contribution in [2.24, 2.45) is 0 Å². The Morgan fingerprint density at radius 1 is 1.83 bits per heavy atom.